The molecule has 0 atom stereocenters. The van der Waals surface area contributed by atoms with E-state index in [9.17, 15) is 4.39 Å². The summed E-state index contributed by atoms with van der Waals surface area (Å²) in [5.41, 5.74) is 0.848. The van der Waals surface area contributed by atoms with Crippen LogP contribution in [0.1, 0.15) is 18.5 Å². The lowest BCUT2D eigenvalue weighted by molar-refractivity contribution is 0.424. The second-order valence-electron chi connectivity index (χ2n) is 4.68. The van der Waals surface area contributed by atoms with Crippen LogP contribution >= 0.6 is 15.9 Å². The molecule has 104 valence electrons. The Labute approximate surface area is 124 Å². The second-order valence-corrected chi connectivity index (χ2v) is 5.59. The molecule has 0 amide bonds. The Bertz CT molecular complexity index is 602. The molecular weight excluding hydrogens is 325 g/mol. The van der Waals surface area contributed by atoms with E-state index >= 15 is 0 Å². The summed E-state index contributed by atoms with van der Waals surface area (Å²) >= 11 is 3.19. The first-order valence-corrected chi connectivity index (χ1v) is 7.17. The van der Waals surface area contributed by atoms with Gasteiger partial charge in [0.25, 0.3) is 0 Å². The lowest BCUT2D eigenvalue weighted by Crippen LogP contribution is -2.16. The van der Waals surface area contributed by atoms with Crippen LogP contribution in [-0.4, -0.2) is 16.0 Å². The van der Waals surface area contributed by atoms with Crippen molar-refractivity contribution in [2.45, 2.75) is 25.4 Å². The molecule has 0 aliphatic heterocycles. The molecule has 1 aliphatic rings. The van der Waals surface area contributed by atoms with Crippen molar-refractivity contribution >= 4 is 15.9 Å². The van der Waals surface area contributed by atoms with Crippen LogP contribution in [-0.2, 0) is 6.54 Å². The van der Waals surface area contributed by atoms with Gasteiger partial charge in [-0.15, -0.1) is 0 Å². The molecule has 0 radical (unpaired) electrons. The highest BCUT2D eigenvalue weighted by molar-refractivity contribution is 9.10. The van der Waals surface area contributed by atoms with Crippen LogP contribution in [0.2, 0.25) is 0 Å². The Morgan fingerprint density at radius 2 is 2.15 bits per heavy atom. The Kier molecular flexibility index (Phi) is 3.93. The van der Waals surface area contributed by atoms with E-state index in [1.807, 2.05) is 0 Å². The molecule has 1 fully saturated rings. The predicted octanol–water partition coefficient (Wildman–Crippen LogP) is 3.42. The zero-order valence-electron chi connectivity index (χ0n) is 10.6. The van der Waals surface area contributed by atoms with Gasteiger partial charge in [-0.1, -0.05) is 15.9 Å². The Morgan fingerprint density at radius 1 is 1.30 bits per heavy atom. The summed E-state index contributed by atoms with van der Waals surface area (Å²) < 4.78 is 19.6. The van der Waals surface area contributed by atoms with Crippen LogP contribution < -0.4 is 10.1 Å². The molecule has 0 bridgehead atoms. The zero-order chi connectivity index (χ0) is 13.9. The summed E-state index contributed by atoms with van der Waals surface area (Å²) in [5.74, 6) is -0.0339. The molecule has 1 heterocycles. The van der Waals surface area contributed by atoms with Gasteiger partial charge in [-0.2, -0.15) is 0 Å². The monoisotopic (exact) mass is 337 g/mol. The number of aromatic nitrogens is 2. The fourth-order valence-electron chi connectivity index (χ4n) is 1.69. The van der Waals surface area contributed by atoms with E-state index < -0.39 is 5.82 Å². The van der Waals surface area contributed by atoms with Crippen LogP contribution in [0, 0.1) is 5.82 Å². The van der Waals surface area contributed by atoms with Crippen molar-refractivity contribution in [1.82, 2.24) is 15.3 Å². The Morgan fingerprint density at radius 3 is 2.80 bits per heavy atom. The largest absolute Gasteiger partial charge is 0.434 e. The smallest absolute Gasteiger partial charge is 0.237 e. The maximum absolute atomic E-state index is 13.6. The van der Waals surface area contributed by atoms with Gasteiger partial charge < -0.3 is 10.1 Å². The van der Waals surface area contributed by atoms with Gasteiger partial charge in [-0.05, 0) is 31.0 Å². The third-order valence-corrected chi connectivity index (χ3v) is 3.43. The van der Waals surface area contributed by atoms with E-state index in [2.05, 4.69) is 31.2 Å². The lowest BCUT2D eigenvalue weighted by Gasteiger charge is -2.07. The summed E-state index contributed by atoms with van der Waals surface area (Å²) in [6.45, 7) is 0.699. The van der Waals surface area contributed by atoms with E-state index in [1.54, 1.807) is 18.3 Å². The standard InChI is InChI=1S/C14H13BrFN3O/c15-9-1-4-13(12(16)5-9)20-14-8-18-11(7-19-14)6-17-10-2-3-10/h1,4-5,7-8,10,17H,2-3,6H2. The van der Waals surface area contributed by atoms with Crippen molar-refractivity contribution in [3.8, 4) is 11.6 Å². The highest BCUT2D eigenvalue weighted by Crippen LogP contribution is 2.25. The number of nitrogens with zero attached hydrogens (tertiary/aromatic N) is 2. The summed E-state index contributed by atoms with van der Waals surface area (Å²) in [4.78, 5) is 8.37. The van der Waals surface area contributed by atoms with Crippen molar-refractivity contribution in [1.29, 1.82) is 0 Å². The van der Waals surface area contributed by atoms with Crippen molar-refractivity contribution in [2.24, 2.45) is 0 Å². The molecule has 0 spiro atoms. The van der Waals surface area contributed by atoms with Gasteiger partial charge in [-0.3, -0.25) is 4.98 Å². The van der Waals surface area contributed by atoms with E-state index in [1.165, 1.54) is 25.1 Å². The van der Waals surface area contributed by atoms with Crippen molar-refractivity contribution in [3.63, 3.8) is 0 Å². The van der Waals surface area contributed by atoms with E-state index in [-0.39, 0.29) is 11.6 Å². The molecular formula is C14H13BrFN3O. The number of hydrogen-bond acceptors (Lipinski definition) is 4. The molecule has 4 nitrogen and oxygen atoms in total. The van der Waals surface area contributed by atoms with Crippen molar-refractivity contribution in [3.05, 3.63) is 46.6 Å². The quantitative estimate of drug-likeness (QED) is 0.908. The first-order chi connectivity index (χ1) is 9.70. The van der Waals surface area contributed by atoms with Gasteiger partial charge in [0.15, 0.2) is 11.6 Å². The Balaban J connectivity index is 1.64. The molecule has 2 aromatic rings. The third kappa shape index (κ3) is 3.52. The molecule has 1 N–H and O–H groups in total. The number of ether oxygens (including phenoxy) is 1. The number of rotatable bonds is 5. The van der Waals surface area contributed by atoms with Crippen LogP contribution in [0.5, 0.6) is 11.6 Å². The minimum Gasteiger partial charge on any atom is -0.434 e. The summed E-state index contributed by atoms with van der Waals surface area (Å²) in [6.07, 6.45) is 5.61. The molecule has 1 aromatic heterocycles. The number of hydrogen-bond donors (Lipinski definition) is 1. The summed E-state index contributed by atoms with van der Waals surface area (Å²) in [5, 5.41) is 3.35. The third-order valence-electron chi connectivity index (χ3n) is 2.94. The topological polar surface area (TPSA) is 47.0 Å². The van der Waals surface area contributed by atoms with Gasteiger partial charge in [0.1, 0.15) is 0 Å². The first kappa shape index (κ1) is 13.5. The number of halogens is 2. The zero-order valence-corrected chi connectivity index (χ0v) is 12.2. The average Bonchev–Trinajstić information content (AvgIpc) is 3.25. The molecule has 1 aromatic carbocycles. The SMILES string of the molecule is Fc1cc(Br)ccc1Oc1cnc(CNC2CC2)cn1. The normalized spacial score (nSPS) is 14.3. The number of nitrogens with one attached hydrogen (secondary N) is 1. The molecule has 6 heteroatoms. The molecule has 1 saturated carbocycles. The van der Waals surface area contributed by atoms with Gasteiger partial charge in [-0.25, -0.2) is 9.37 Å². The molecule has 20 heavy (non-hydrogen) atoms. The maximum atomic E-state index is 13.6. The Hall–Kier alpha value is -1.53. The maximum Gasteiger partial charge on any atom is 0.237 e. The van der Waals surface area contributed by atoms with Crippen molar-refractivity contribution in [2.75, 3.05) is 0 Å². The van der Waals surface area contributed by atoms with Crippen LogP contribution in [0.15, 0.2) is 35.1 Å². The van der Waals surface area contributed by atoms with E-state index in [0.717, 1.165) is 5.69 Å². The summed E-state index contributed by atoms with van der Waals surface area (Å²) in [6, 6.07) is 5.23. The van der Waals surface area contributed by atoms with Gasteiger partial charge in [0.05, 0.1) is 18.1 Å². The highest BCUT2D eigenvalue weighted by atomic mass is 79.9. The van der Waals surface area contributed by atoms with Crippen LogP contribution in [0.25, 0.3) is 0 Å². The minimum atomic E-state index is -0.444. The van der Waals surface area contributed by atoms with Gasteiger partial charge >= 0.3 is 0 Å². The van der Waals surface area contributed by atoms with Gasteiger partial charge in [0.2, 0.25) is 5.88 Å². The minimum absolute atomic E-state index is 0.131. The van der Waals surface area contributed by atoms with Crippen LogP contribution in [0.3, 0.4) is 0 Å². The fraction of sp³-hybridized carbons (Fsp3) is 0.286. The van der Waals surface area contributed by atoms with E-state index in [0.29, 0.717) is 17.1 Å². The van der Waals surface area contributed by atoms with E-state index in [4.69, 9.17) is 4.74 Å². The van der Waals surface area contributed by atoms with Crippen LogP contribution in [0.4, 0.5) is 4.39 Å². The van der Waals surface area contributed by atoms with Crippen molar-refractivity contribution < 1.29 is 9.13 Å². The molecule has 3 rings (SSSR count). The fourth-order valence-corrected chi connectivity index (χ4v) is 2.03. The van der Waals surface area contributed by atoms with Gasteiger partial charge in [0, 0.05) is 17.1 Å². The summed E-state index contributed by atoms with van der Waals surface area (Å²) in [7, 11) is 0. The second kappa shape index (κ2) is 5.85. The molecule has 0 unspecified atom stereocenters. The molecule has 0 saturated heterocycles. The lowest BCUT2D eigenvalue weighted by atomic mass is 10.3. The first-order valence-electron chi connectivity index (χ1n) is 6.38. The number of benzene rings is 1. The predicted molar refractivity (Wildman–Crippen MR) is 76.1 cm³/mol. The average molecular weight is 338 g/mol. The highest BCUT2D eigenvalue weighted by Gasteiger charge is 2.20. The molecule has 1 aliphatic carbocycles.